The fourth-order valence-electron chi connectivity index (χ4n) is 2.87. The van der Waals surface area contributed by atoms with E-state index in [-0.39, 0.29) is 0 Å². The number of rotatable bonds is 5. The third-order valence-corrected chi connectivity index (χ3v) is 4.74. The fraction of sp³-hybridized carbons (Fsp3) is 0.389. The van der Waals surface area contributed by atoms with Crippen molar-refractivity contribution in [2.75, 3.05) is 49.7 Å². The highest BCUT2D eigenvalue weighted by atomic mass is 79.9. The Bertz CT molecular complexity index is 670. The molecule has 2 heterocycles. The molecule has 5 nitrogen and oxygen atoms in total. The maximum absolute atomic E-state index is 5.44. The van der Waals surface area contributed by atoms with Gasteiger partial charge >= 0.3 is 0 Å². The Morgan fingerprint density at radius 2 is 1.67 bits per heavy atom. The number of pyridine rings is 1. The van der Waals surface area contributed by atoms with Crippen molar-refractivity contribution in [3.8, 4) is 11.6 Å². The lowest BCUT2D eigenvalue weighted by molar-refractivity contribution is 0.326. The van der Waals surface area contributed by atoms with E-state index in [9.17, 15) is 0 Å². The molecule has 0 unspecified atom stereocenters. The maximum Gasteiger partial charge on any atom is 0.214 e. The van der Waals surface area contributed by atoms with Crippen LogP contribution in [0.3, 0.4) is 0 Å². The summed E-state index contributed by atoms with van der Waals surface area (Å²) >= 11 is 3.57. The van der Waals surface area contributed by atoms with Crippen molar-refractivity contribution in [2.24, 2.45) is 0 Å². The zero-order valence-corrected chi connectivity index (χ0v) is 15.6. The summed E-state index contributed by atoms with van der Waals surface area (Å²) in [5, 5.41) is 0. The van der Waals surface area contributed by atoms with Crippen molar-refractivity contribution < 1.29 is 9.47 Å². The second-order valence-corrected chi connectivity index (χ2v) is 6.32. The minimum Gasteiger partial charge on any atom is -0.497 e. The number of hydrogen-bond acceptors (Lipinski definition) is 5. The lowest BCUT2D eigenvalue weighted by atomic mass is 10.2. The molecule has 1 fully saturated rings. The fourth-order valence-corrected chi connectivity index (χ4v) is 3.43. The van der Waals surface area contributed by atoms with E-state index in [2.05, 4.69) is 48.9 Å². The predicted molar refractivity (Wildman–Crippen MR) is 101 cm³/mol. The van der Waals surface area contributed by atoms with Gasteiger partial charge in [0.2, 0.25) is 5.88 Å². The van der Waals surface area contributed by atoms with E-state index in [4.69, 9.17) is 9.47 Å². The van der Waals surface area contributed by atoms with Gasteiger partial charge in [0.25, 0.3) is 0 Å². The van der Waals surface area contributed by atoms with Crippen molar-refractivity contribution in [3.05, 3.63) is 41.0 Å². The number of hydrogen-bond donors (Lipinski definition) is 0. The van der Waals surface area contributed by atoms with Crippen LogP contribution in [0.5, 0.6) is 11.6 Å². The Balaban J connectivity index is 1.64. The SMILES string of the molecule is CCOc1ccc(N2CCN(c3ccc(OC)cc3)CC2)c(Br)n1. The number of anilines is 2. The molecule has 24 heavy (non-hydrogen) atoms. The monoisotopic (exact) mass is 391 g/mol. The first-order chi connectivity index (χ1) is 11.7. The van der Waals surface area contributed by atoms with Crippen molar-refractivity contribution in [3.63, 3.8) is 0 Å². The summed E-state index contributed by atoms with van der Waals surface area (Å²) in [6.45, 7) is 6.46. The molecule has 0 bridgehead atoms. The molecule has 0 amide bonds. The molecule has 128 valence electrons. The van der Waals surface area contributed by atoms with Gasteiger partial charge in [-0.05, 0) is 53.2 Å². The van der Waals surface area contributed by atoms with Gasteiger partial charge in [0.15, 0.2) is 0 Å². The third-order valence-electron chi connectivity index (χ3n) is 4.15. The van der Waals surface area contributed by atoms with E-state index >= 15 is 0 Å². The first-order valence-electron chi connectivity index (χ1n) is 8.14. The van der Waals surface area contributed by atoms with Crippen molar-refractivity contribution in [2.45, 2.75) is 6.92 Å². The van der Waals surface area contributed by atoms with Gasteiger partial charge in [-0.1, -0.05) is 0 Å². The van der Waals surface area contributed by atoms with Crippen LogP contribution in [0.4, 0.5) is 11.4 Å². The van der Waals surface area contributed by atoms with E-state index in [1.165, 1.54) is 5.69 Å². The second kappa shape index (κ2) is 7.75. The molecule has 0 atom stereocenters. The van der Waals surface area contributed by atoms with Crippen LogP contribution in [-0.2, 0) is 0 Å². The molecule has 1 aromatic carbocycles. The summed E-state index contributed by atoms with van der Waals surface area (Å²) in [5.41, 5.74) is 2.35. The Kier molecular flexibility index (Phi) is 5.45. The number of ether oxygens (including phenoxy) is 2. The lowest BCUT2D eigenvalue weighted by Gasteiger charge is -2.37. The largest absolute Gasteiger partial charge is 0.497 e. The van der Waals surface area contributed by atoms with E-state index in [1.54, 1.807) is 7.11 Å². The van der Waals surface area contributed by atoms with Crippen LogP contribution < -0.4 is 19.3 Å². The molecular weight excluding hydrogens is 370 g/mol. The third kappa shape index (κ3) is 3.75. The Morgan fingerprint density at radius 3 is 2.25 bits per heavy atom. The van der Waals surface area contributed by atoms with Gasteiger partial charge in [-0.3, -0.25) is 0 Å². The first-order valence-corrected chi connectivity index (χ1v) is 8.94. The summed E-state index contributed by atoms with van der Waals surface area (Å²) in [6, 6.07) is 12.2. The summed E-state index contributed by atoms with van der Waals surface area (Å²) in [6.07, 6.45) is 0. The molecule has 1 aromatic heterocycles. The van der Waals surface area contributed by atoms with Gasteiger partial charge in [-0.15, -0.1) is 0 Å². The molecule has 0 saturated carbocycles. The second-order valence-electron chi connectivity index (χ2n) is 5.56. The Morgan fingerprint density at radius 1 is 1.00 bits per heavy atom. The van der Waals surface area contributed by atoms with Gasteiger partial charge in [0.05, 0.1) is 19.4 Å². The smallest absolute Gasteiger partial charge is 0.214 e. The van der Waals surface area contributed by atoms with Gasteiger partial charge in [0.1, 0.15) is 10.4 Å². The van der Waals surface area contributed by atoms with E-state index in [0.717, 1.165) is 42.2 Å². The van der Waals surface area contributed by atoms with Crippen LogP contribution in [-0.4, -0.2) is 44.9 Å². The van der Waals surface area contributed by atoms with Gasteiger partial charge in [-0.25, -0.2) is 4.98 Å². The zero-order valence-electron chi connectivity index (χ0n) is 14.0. The minimum absolute atomic E-state index is 0.624. The summed E-state index contributed by atoms with van der Waals surface area (Å²) in [4.78, 5) is 9.21. The molecule has 0 spiro atoms. The number of aromatic nitrogens is 1. The van der Waals surface area contributed by atoms with Gasteiger partial charge in [0, 0.05) is 37.9 Å². The number of benzene rings is 1. The highest BCUT2D eigenvalue weighted by Gasteiger charge is 2.20. The van der Waals surface area contributed by atoms with E-state index in [0.29, 0.717) is 12.5 Å². The molecule has 1 aliphatic rings. The van der Waals surface area contributed by atoms with Crippen LogP contribution >= 0.6 is 15.9 Å². The van der Waals surface area contributed by atoms with Gasteiger partial charge < -0.3 is 19.3 Å². The standard InChI is InChI=1S/C18H22BrN3O2/c1-3-24-17-9-8-16(18(19)20-17)22-12-10-21(11-13-22)14-4-6-15(23-2)7-5-14/h4-9H,3,10-13H2,1-2H3. The summed E-state index contributed by atoms with van der Waals surface area (Å²) in [5.74, 6) is 1.55. The van der Waals surface area contributed by atoms with E-state index in [1.807, 2.05) is 25.1 Å². The maximum atomic E-state index is 5.44. The lowest BCUT2D eigenvalue weighted by Crippen LogP contribution is -2.46. The van der Waals surface area contributed by atoms with Crippen LogP contribution in [0.25, 0.3) is 0 Å². The molecule has 0 N–H and O–H groups in total. The van der Waals surface area contributed by atoms with Crippen LogP contribution in [0.15, 0.2) is 41.0 Å². The molecule has 6 heteroatoms. The molecule has 0 aliphatic carbocycles. The minimum atomic E-state index is 0.624. The normalized spacial score (nSPS) is 14.6. The highest BCUT2D eigenvalue weighted by Crippen LogP contribution is 2.29. The van der Waals surface area contributed by atoms with Crippen LogP contribution in [0.2, 0.25) is 0 Å². The molecule has 1 aliphatic heterocycles. The number of nitrogens with zero attached hydrogens (tertiary/aromatic N) is 3. The first kappa shape index (κ1) is 16.9. The predicted octanol–water partition coefficient (Wildman–Crippen LogP) is 3.58. The summed E-state index contributed by atoms with van der Waals surface area (Å²) < 4.78 is 11.5. The number of piperazine rings is 1. The van der Waals surface area contributed by atoms with Crippen LogP contribution in [0, 0.1) is 0 Å². The topological polar surface area (TPSA) is 37.8 Å². The molecule has 3 rings (SSSR count). The van der Waals surface area contributed by atoms with Crippen molar-refractivity contribution >= 4 is 27.3 Å². The molecule has 1 saturated heterocycles. The van der Waals surface area contributed by atoms with Crippen LogP contribution in [0.1, 0.15) is 6.92 Å². The summed E-state index contributed by atoms with van der Waals surface area (Å²) in [7, 11) is 1.69. The highest BCUT2D eigenvalue weighted by molar-refractivity contribution is 9.10. The van der Waals surface area contributed by atoms with Gasteiger partial charge in [-0.2, -0.15) is 0 Å². The molecule has 2 aromatic rings. The Hall–Kier alpha value is -1.95. The molecule has 0 radical (unpaired) electrons. The zero-order chi connectivity index (χ0) is 16.9. The van der Waals surface area contributed by atoms with E-state index < -0.39 is 0 Å². The number of methoxy groups -OCH3 is 1. The molecular formula is C18H22BrN3O2. The average molecular weight is 392 g/mol. The van der Waals surface area contributed by atoms with Crippen molar-refractivity contribution in [1.82, 2.24) is 4.98 Å². The van der Waals surface area contributed by atoms with Crippen molar-refractivity contribution in [1.29, 1.82) is 0 Å². The average Bonchev–Trinajstić information content (AvgIpc) is 2.62. The quantitative estimate of drug-likeness (QED) is 0.728. The Labute approximate surface area is 151 Å². The number of halogens is 1.